The molecule has 0 spiro atoms. The molecule has 0 nitrogen and oxygen atoms in total. The first kappa shape index (κ1) is 12.9. The summed E-state index contributed by atoms with van der Waals surface area (Å²) in [5.41, 5.74) is -0.316. The lowest BCUT2D eigenvalue weighted by atomic mass is 10.1. The van der Waals surface area contributed by atoms with E-state index >= 15 is 0 Å². The summed E-state index contributed by atoms with van der Waals surface area (Å²) in [7, 11) is 0. The molecular weight excluding hydrogens is 234 g/mol. The Kier molecular flexibility index (Phi) is 3.50. The summed E-state index contributed by atoms with van der Waals surface area (Å²) in [5, 5.41) is 0. The maximum absolute atomic E-state index is 12.0. The fourth-order valence-corrected chi connectivity index (χ4v) is 1.31. The first-order valence-corrected chi connectivity index (χ1v) is 4.37. The highest BCUT2D eigenvalue weighted by Crippen LogP contribution is 2.25. The quantitative estimate of drug-likeness (QED) is 0.690. The molecule has 0 unspecified atom stereocenters. The van der Waals surface area contributed by atoms with Crippen molar-refractivity contribution < 1.29 is 26.3 Å². The van der Waals surface area contributed by atoms with Crippen molar-refractivity contribution in [1.82, 2.24) is 0 Å². The van der Waals surface area contributed by atoms with E-state index in [1.165, 1.54) is 6.07 Å². The third-order valence-electron chi connectivity index (χ3n) is 1.80. The highest BCUT2D eigenvalue weighted by molar-refractivity contribution is 5.24. The molecule has 0 bridgehead atoms. The summed E-state index contributed by atoms with van der Waals surface area (Å²) in [5.74, 6) is 0. The average molecular weight is 242 g/mol. The van der Waals surface area contributed by atoms with E-state index in [1.807, 2.05) is 0 Å². The molecule has 0 heterocycles. The largest absolute Gasteiger partial charge is 0.393 e. The monoisotopic (exact) mass is 242 g/mol. The zero-order valence-corrected chi connectivity index (χ0v) is 7.99. The normalized spacial score (nSPS) is 12.9. The van der Waals surface area contributed by atoms with E-state index in [0.29, 0.717) is 0 Å². The summed E-state index contributed by atoms with van der Waals surface area (Å²) < 4.78 is 71.9. The van der Waals surface area contributed by atoms with Crippen molar-refractivity contribution in [2.45, 2.75) is 25.2 Å². The molecule has 0 atom stereocenters. The molecule has 0 saturated carbocycles. The van der Waals surface area contributed by atoms with Crippen LogP contribution >= 0.6 is 0 Å². The molecule has 0 N–H and O–H groups in total. The van der Waals surface area contributed by atoms with Crippen LogP contribution in [0.25, 0.3) is 0 Å². The van der Waals surface area contributed by atoms with Crippen LogP contribution in [0.4, 0.5) is 26.3 Å². The molecule has 1 rings (SSSR count). The summed E-state index contributed by atoms with van der Waals surface area (Å²) in [6.07, 6.45) is -11.2. The smallest absolute Gasteiger partial charge is 0.171 e. The van der Waals surface area contributed by atoms with Crippen molar-refractivity contribution in [3.63, 3.8) is 0 Å². The first-order valence-electron chi connectivity index (χ1n) is 4.37. The molecule has 90 valence electrons. The van der Waals surface area contributed by atoms with Gasteiger partial charge >= 0.3 is 12.4 Å². The van der Waals surface area contributed by atoms with Crippen LogP contribution in [-0.2, 0) is 12.8 Å². The SMILES string of the molecule is FC(F)(F)Cc1cccc(CC(F)(F)F)c1. The number of hydrogen-bond donors (Lipinski definition) is 0. The Hall–Kier alpha value is -1.20. The minimum absolute atomic E-state index is 0.158. The lowest BCUT2D eigenvalue weighted by Gasteiger charge is -2.09. The average Bonchev–Trinajstić information content (AvgIpc) is 1.96. The lowest BCUT2D eigenvalue weighted by Crippen LogP contribution is -2.14. The highest BCUT2D eigenvalue weighted by Gasteiger charge is 2.29. The molecule has 0 radical (unpaired) electrons. The summed E-state index contributed by atoms with van der Waals surface area (Å²) >= 11 is 0. The Labute approximate surface area is 87.9 Å². The van der Waals surface area contributed by atoms with Gasteiger partial charge in [0.1, 0.15) is 0 Å². The zero-order chi connectivity index (χ0) is 12.4. The van der Waals surface area contributed by atoms with Crippen molar-refractivity contribution in [3.05, 3.63) is 35.4 Å². The van der Waals surface area contributed by atoms with Gasteiger partial charge in [-0.05, 0) is 11.1 Å². The van der Waals surface area contributed by atoms with Gasteiger partial charge in [-0.3, -0.25) is 0 Å². The predicted molar refractivity (Wildman–Crippen MR) is 46.0 cm³/mol. The van der Waals surface area contributed by atoms with Gasteiger partial charge in [0.2, 0.25) is 0 Å². The van der Waals surface area contributed by atoms with E-state index < -0.39 is 25.2 Å². The van der Waals surface area contributed by atoms with Crippen LogP contribution < -0.4 is 0 Å². The molecule has 1 aromatic rings. The summed E-state index contributed by atoms with van der Waals surface area (Å²) in [4.78, 5) is 0. The van der Waals surface area contributed by atoms with Gasteiger partial charge in [-0.1, -0.05) is 24.3 Å². The number of rotatable bonds is 2. The first-order chi connectivity index (χ1) is 7.16. The predicted octanol–water partition coefficient (Wildman–Crippen LogP) is 3.90. The van der Waals surface area contributed by atoms with E-state index in [-0.39, 0.29) is 11.1 Å². The van der Waals surface area contributed by atoms with Crippen molar-refractivity contribution in [3.8, 4) is 0 Å². The number of alkyl halides is 6. The molecule has 0 aliphatic heterocycles. The van der Waals surface area contributed by atoms with Crippen LogP contribution in [0.3, 0.4) is 0 Å². The third kappa shape index (κ3) is 5.04. The minimum atomic E-state index is -4.41. The number of benzene rings is 1. The summed E-state index contributed by atoms with van der Waals surface area (Å²) in [6, 6.07) is 4.45. The third-order valence-corrected chi connectivity index (χ3v) is 1.80. The fraction of sp³-hybridized carbons (Fsp3) is 0.400. The van der Waals surface area contributed by atoms with Crippen LogP contribution in [0.2, 0.25) is 0 Å². The van der Waals surface area contributed by atoms with Gasteiger partial charge in [-0.2, -0.15) is 26.3 Å². The molecule has 0 fully saturated rings. The van der Waals surface area contributed by atoms with Crippen LogP contribution in [-0.4, -0.2) is 12.4 Å². The van der Waals surface area contributed by atoms with E-state index in [0.717, 1.165) is 18.2 Å². The van der Waals surface area contributed by atoms with Gasteiger partial charge in [0.05, 0.1) is 12.8 Å². The molecule has 0 aliphatic rings. The lowest BCUT2D eigenvalue weighted by molar-refractivity contribution is -0.127. The topological polar surface area (TPSA) is 0 Å². The Morgan fingerprint density at radius 3 is 1.44 bits per heavy atom. The van der Waals surface area contributed by atoms with Crippen molar-refractivity contribution in [1.29, 1.82) is 0 Å². The summed E-state index contributed by atoms with van der Waals surface area (Å²) in [6.45, 7) is 0. The van der Waals surface area contributed by atoms with Crippen LogP contribution in [0.15, 0.2) is 24.3 Å². The Morgan fingerprint density at radius 2 is 1.12 bits per heavy atom. The molecule has 1 aromatic carbocycles. The Bertz CT molecular complexity index is 318. The van der Waals surface area contributed by atoms with Gasteiger partial charge in [-0.15, -0.1) is 0 Å². The fourth-order valence-electron chi connectivity index (χ4n) is 1.31. The molecule has 0 aromatic heterocycles. The standard InChI is InChI=1S/C10H8F6/c11-9(12,13)5-7-2-1-3-8(4-7)6-10(14,15)16/h1-4H,5-6H2. The van der Waals surface area contributed by atoms with Crippen LogP contribution in [0.1, 0.15) is 11.1 Å². The highest BCUT2D eigenvalue weighted by atomic mass is 19.4. The molecule has 6 heteroatoms. The van der Waals surface area contributed by atoms with Crippen LogP contribution in [0.5, 0.6) is 0 Å². The zero-order valence-electron chi connectivity index (χ0n) is 7.99. The maximum Gasteiger partial charge on any atom is 0.393 e. The minimum Gasteiger partial charge on any atom is -0.171 e. The van der Waals surface area contributed by atoms with E-state index in [9.17, 15) is 26.3 Å². The molecule has 0 aliphatic carbocycles. The van der Waals surface area contributed by atoms with Crippen LogP contribution in [0, 0.1) is 0 Å². The van der Waals surface area contributed by atoms with Crippen molar-refractivity contribution in [2.24, 2.45) is 0 Å². The van der Waals surface area contributed by atoms with E-state index in [1.54, 1.807) is 0 Å². The maximum atomic E-state index is 12.0. The van der Waals surface area contributed by atoms with Crippen molar-refractivity contribution in [2.75, 3.05) is 0 Å². The Balaban J connectivity index is 2.79. The molecule has 0 saturated heterocycles. The van der Waals surface area contributed by atoms with Crippen molar-refractivity contribution >= 4 is 0 Å². The molecular formula is C10H8F6. The second kappa shape index (κ2) is 4.35. The number of halogens is 6. The van der Waals surface area contributed by atoms with E-state index in [4.69, 9.17) is 0 Å². The second-order valence-electron chi connectivity index (χ2n) is 3.40. The number of hydrogen-bond acceptors (Lipinski definition) is 0. The Morgan fingerprint density at radius 1 is 0.750 bits per heavy atom. The van der Waals surface area contributed by atoms with Gasteiger partial charge in [0, 0.05) is 0 Å². The van der Waals surface area contributed by atoms with Gasteiger partial charge in [-0.25, -0.2) is 0 Å². The second-order valence-corrected chi connectivity index (χ2v) is 3.40. The van der Waals surface area contributed by atoms with Gasteiger partial charge < -0.3 is 0 Å². The van der Waals surface area contributed by atoms with Gasteiger partial charge in [0.15, 0.2) is 0 Å². The van der Waals surface area contributed by atoms with E-state index in [2.05, 4.69) is 0 Å². The molecule has 0 amide bonds. The molecule has 16 heavy (non-hydrogen) atoms. The van der Waals surface area contributed by atoms with Gasteiger partial charge in [0.25, 0.3) is 0 Å².